The zero-order valence-electron chi connectivity index (χ0n) is 13.0. The molecule has 1 aromatic rings. The van der Waals surface area contributed by atoms with Crippen LogP contribution in [-0.2, 0) is 6.54 Å². The Morgan fingerprint density at radius 3 is 2.86 bits per heavy atom. The van der Waals surface area contributed by atoms with Gasteiger partial charge < -0.3 is 21.0 Å². The third-order valence-electron chi connectivity index (χ3n) is 4.21. The molecule has 5 heteroatoms. The van der Waals surface area contributed by atoms with Crippen molar-refractivity contribution in [3.63, 3.8) is 0 Å². The fourth-order valence-corrected chi connectivity index (χ4v) is 2.98. The van der Waals surface area contributed by atoms with Crippen molar-refractivity contribution in [2.24, 2.45) is 16.3 Å². The molecule has 116 valence electrons. The minimum absolute atomic E-state index is 0.0592. The number of hydrogen-bond acceptors (Lipinski definition) is 4. The molecule has 0 heterocycles. The Morgan fingerprint density at radius 1 is 1.52 bits per heavy atom. The fraction of sp³-hybridized carbons (Fsp3) is 0.562. The van der Waals surface area contributed by atoms with Gasteiger partial charge in [0.15, 0.2) is 5.84 Å². The summed E-state index contributed by atoms with van der Waals surface area (Å²) < 4.78 is 5.31. The molecule has 1 aliphatic rings. The molecule has 4 N–H and O–H groups in total. The van der Waals surface area contributed by atoms with E-state index in [9.17, 15) is 0 Å². The highest BCUT2D eigenvalue weighted by Crippen LogP contribution is 2.37. The maximum absolute atomic E-state index is 8.77. The van der Waals surface area contributed by atoms with E-state index in [2.05, 4.69) is 24.3 Å². The summed E-state index contributed by atoms with van der Waals surface area (Å²) in [5.74, 6) is 0.681. The number of hydrogen-bond donors (Lipinski definition) is 3. The minimum Gasteiger partial charge on any atom is -0.496 e. The van der Waals surface area contributed by atoms with Crippen molar-refractivity contribution in [1.29, 1.82) is 0 Å². The largest absolute Gasteiger partial charge is 0.496 e. The van der Waals surface area contributed by atoms with Gasteiger partial charge in [0.05, 0.1) is 12.7 Å². The molecule has 2 rings (SSSR count). The molecule has 1 unspecified atom stereocenters. The number of nitrogens with one attached hydrogen (secondary N) is 1. The molecule has 0 aromatic heterocycles. The Hall–Kier alpha value is -1.75. The minimum atomic E-state index is 0.0592. The van der Waals surface area contributed by atoms with Crippen LogP contribution in [-0.4, -0.2) is 24.2 Å². The van der Waals surface area contributed by atoms with E-state index in [0.717, 1.165) is 12.1 Å². The van der Waals surface area contributed by atoms with Crippen LogP contribution in [0.4, 0.5) is 0 Å². The highest BCUT2D eigenvalue weighted by atomic mass is 16.5. The molecule has 21 heavy (non-hydrogen) atoms. The Kier molecular flexibility index (Phi) is 4.73. The van der Waals surface area contributed by atoms with Gasteiger partial charge in [0.2, 0.25) is 0 Å². The topological polar surface area (TPSA) is 79.9 Å². The lowest BCUT2D eigenvalue weighted by atomic mass is 9.92. The second-order valence-corrected chi connectivity index (χ2v) is 6.50. The summed E-state index contributed by atoms with van der Waals surface area (Å²) in [7, 11) is 1.58. The van der Waals surface area contributed by atoms with Gasteiger partial charge in [0.1, 0.15) is 5.75 Å². The lowest BCUT2D eigenvalue weighted by molar-refractivity contribution is 0.318. The van der Waals surface area contributed by atoms with Gasteiger partial charge in [0.25, 0.3) is 0 Å². The van der Waals surface area contributed by atoms with E-state index in [-0.39, 0.29) is 5.84 Å². The fourth-order valence-electron chi connectivity index (χ4n) is 2.98. The van der Waals surface area contributed by atoms with E-state index in [4.69, 9.17) is 15.7 Å². The highest BCUT2D eigenvalue weighted by molar-refractivity contribution is 5.99. The Morgan fingerprint density at radius 2 is 2.29 bits per heavy atom. The van der Waals surface area contributed by atoms with Gasteiger partial charge in [-0.2, -0.15) is 0 Å². The molecule has 0 radical (unpaired) electrons. The summed E-state index contributed by atoms with van der Waals surface area (Å²) in [6.07, 6.45) is 3.72. The molecule has 0 amide bonds. The van der Waals surface area contributed by atoms with Crippen LogP contribution in [0.1, 0.15) is 44.2 Å². The van der Waals surface area contributed by atoms with E-state index < -0.39 is 0 Å². The first-order valence-electron chi connectivity index (χ1n) is 7.33. The van der Waals surface area contributed by atoms with Crippen LogP contribution in [0.5, 0.6) is 5.75 Å². The zero-order valence-corrected chi connectivity index (χ0v) is 13.0. The van der Waals surface area contributed by atoms with E-state index in [1.165, 1.54) is 19.3 Å². The lowest BCUT2D eigenvalue weighted by Crippen LogP contribution is -2.27. The first kappa shape index (κ1) is 15.6. The third-order valence-corrected chi connectivity index (χ3v) is 4.21. The zero-order chi connectivity index (χ0) is 15.5. The molecular formula is C16H25N3O2. The average Bonchev–Trinajstić information content (AvgIpc) is 2.83. The van der Waals surface area contributed by atoms with Crippen LogP contribution in [0.25, 0.3) is 0 Å². The summed E-state index contributed by atoms with van der Waals surface area (Å²) in [6, 6.07) is 6.31. The van der Waals surface area contributed by atoms with Gasteiger partial charge >= 0.3 is 0 Å². The molecule has 1 aliphatic carbocycles. The van der Waals surface area contributed by atoms with Crippen LogP contribution in [0.15, 0.2) is 23.4 Å². The van der Waals surface area contributed by atoms with Crippen molar-refractivity contribution in [2.45, 2.75) is 45.7 Å². The van der Waals surface area contributed by atoms with Gasteiger partial charge in [-0.25, -0.2) is 0 Å². The van der Waals surface area contributed by atoms with Crippen LogP contribution >= 0.6 is 0 Å². The van der Waals surface area contributed by atoms with E-state index in [1.807, 2.05) is 18.2 Å². The Balaban J connectivity index is 2.01. The molecular weight excluding hydrogens is 266 g/mol. The number of ether oxygens (including phenoxy) is 1. The maximum Gasteiger partial charge on any atom is 0.173 e. The molecule has 0 aliphatic heterocycles. The first-order chi connectivity index (χ1) is 9.95. The SMILES string of the molecule is COc1cc(CNC2CCC(C)(C)C2)ccc1/C(N)=N/O. The molecule has 1 atom stereocenters. The van der Waals surface area contributed by atoms with Crippen molar-refractivity contribution in [2.75, 3.05) is 7.11 Å². The van der Waals surface area contributed by atoms with Gasteiger partial charge in [-0.3, -0.25) is 0 Å². The molecule has 0 saturated heterocycles. The van der Waals surface area contributed by atoms with E-state index in [0.29, 0.717) is 22.8 Å². The van der Waals surface area contributed by atoms with E-state index >= 15 is 0 Å². The maximum atomic E-state index is 8.77. The number of amidine groups is 1. The van der Waals surface area contributed by atoms with Crippen molar-refractivity contribution >= 4 is 5.84 Å². The third kappa shape index (κ3) is 3.88. The van der Waals surface area contributed by atoms with E-state index in [1.54, 1.807) is 7.11 Å². The predicted molar refractivity (Wildman–Crippen MR) is 83.8 cm³/mol. The monoisotopic (exact) mass is 291 g/mol. The quantitative estimate of drug-likeness (QED) is 0.337. The second-order valence-electron chi connectivity index (χ2n) is 6.50. The number of benzene rings is 1. The summed E-state index contributed by atoms with van der Waals surface area (Å²) in [4.78, 5) is 0. The average molecular weight is 291 g/mol. The summed E-state index contributed by atoms with van der Waals surface area (Å²) in [6.45, 7) is 5.45. The molecule has 5 nitrogen and oxygen atoms in total. The predicted octanol–water partition coefficient (Wildman–Crippen LogP) is 2.46. The Labute approximate surface area is 126 Å². The van der Waals surface area contributed by atoms with Crippen LogP contribution in [0, 0.1) is 5.41 Å². The van der Waals surface area contributed by atoms with Gasteiger partial charge in [-0.15, -0.1) is 0 Å². The van der Waals surface area contributed by atoms with Crippen molar-refractivity contribution in [3.8, 4) is 5.75 Å². The van der Waals surface area contributed by atoms with Gasteiger partial charge in [-0.05, 0) is 42.4 Å². The van der Waals surface area contributed by atoms with Crippen molar-refractivity contribution in [1.82, 2.24) is 5.32 Å². The van der Waals surface area contributed by atoms with Crippen LogP contribution in [0.3, 0.4) is 0 Å². The highest BCUT2D eigenvalue weighted by Gasteiger charge is 2.30. The van der Waals surface area contributed by atoms with Gasteiger partial charge in [-0.1, -0.05) is 25.1 Å². The number of oxime groups is 1. The summed E-state index contributed by atoms with van der Waals surface area (Å²) in [5, 5.41) is 15.4. The number of methoxy groups -OCH3 is 1. The summed E-state index contributed by atoms with van der Waals surface area (Å²) in [5.41, 5.74) is 7.81. The van der Waals surface area contributed by atoms with Crippen molar-refractivity contribution < 1.29 is 9.94 Å². The van der Waals surface area contributed by atoms with Crippen LogP contribution < -0.4 is 15.8 Å². The molecule has 0 bridgehead atoms. The second kappa shape index (κ2) is 6.35. The van der Waals surface area contributed by atoms with Gasteiger partial charge in [0, 0.05) is 12.6 Å². The molecule has 1 aromatic carbocycles. The van der Waals surface area contributed by atoms with Crippen molar-refractivity contribution in [3.05, 3.63) is 29.3 Å². The smallest absolute Gasteiger partial charge is 0.173 e. The van der Waals surface area contributed by atoms with Crippen LogP contribution in [0.2, 0.25) is 0 Å². The first-order valence-corrected chi connectivity index (χ1v) is 7.33. The molecule has 1 fully saturated rings. The lowest BCUT2D eigenvalue weighted by Gasteiger charge is -2.18. The molecule has 0 spiro atoms. The number of rotatable bonds is 5. The number of nitrogens with zero attached hydrogens (tertiary/aromatic N) is 1. The standard InChI is InChI=1S/C16H25N3O2/c1-16(2)7-6-12(9-16)18-10-11-4-5-13(15(17)19-20)14(8-11)21-3/h4-5,8,12,18,20H,6-7,9-10H2,1-3H3,(H2,17,19). The number of nitrogens with two attached hydrogens (primary N) is 1. The molecule has 1 saturated carbocycles. The summed E-state index contributed by atoms with van der Waals surface area (Å²) >= 11 is 0. The normalized spacial score (nSPS) is 21.5. The Bertz CT molecular complexity index is 526.